The van der Waals surface area contributed by atoms with Gasteiger partial charge in [-0.2, -0.15) is 9.78 Å². The molecule has 0 saturated heterocycles. The minimum atomic E-state index is -0.461. The second kappa shape index (κ2) is 7.77. The molecule has 31 heavy (non-hydrogen) atoms. The third-order valence-corrected chi connectivity index (χ3v) is 6.13. The fraction of sp³-hybridized carbons (Fsp3) is 0.136. The molecule has 1 aliphatic rings. The van der Waals surface area contributed by atoms with Gasteiger partial charge in [0, 0.05) is 23.8 Å². The van der Waals surface area contributed by atoms with E-state index >= 15 is 0 Å². The van der Waals surface area contributed by atoms with Crippen LogP contribution in [0.15, 0.2) is 54.6 Å². The molecule has 2 heterocycles. The maximum Gasteiger partial charge on any atom is 0.270 e. The summed E-state index contributed by atoms with van der Waals surface area (Å²) in [5.74, 6) is 0.309. The lowest BCUT2D eigenvalue weighted by Crippen LogP contribution is -2.13. The van der Waals surface area contributed by atoms with Crippen LogP contribution < -0.4 is 5.32 Å². The average molecular weight is 431 g/mol. The molecular weight excluding hydrogens is 414 g/mol. The van der Waals surface area contributed by atoms with E-state index in [1.54, 1.807) is 22.9 Å². The highest BCUT2D eigenvalue weighted by Gasteiger charge is 2.25. The number of rotatable bonds is 5. The van der Waals surface area contributed by atoms with Gasteiger partial charge in [0.1, 0.15) is 5.82 Å². The summed E-state index contributed by atoms with van der Waals surface area (Å²) >= 11 is 1.52. The fourth-order valence-electron chi connectivity index (χ4n) is 3.68. The van der Waals surface area contributed by atoms with Gasteiger partial charge in [0.2, 0.25) is 11.0 Å². The van der Waals surface area contributed by atoms with Crippen molar-refractivity contribution in [2.75, 3.05) is 5.32 Å². The minimum Gasteiger partial charge on any atom is -0.307 e. The van der Waals surface area contributed by atoms with Gasteiger partial charge in [0.15, 0.2) is 0 Å². The maximum atomic E-state index is 12.7. The molecule has 0 radical (unpaired) electrons. The van der Waals surface area contributed by atoms with Gasteiger partial charge in [-0.25, -0.2) is 4.98 Å². The van der Waals surface area contributed by atoms with Crippen LogP contribution in [-0.4, -0.2) is 25.6 Å². The molecule has 0 unspecified atom stereocenters. The number of nitro groups is 1. The largest absolute Gasteiger partial charge is 0.307 e. The van der Waals surface area contributed by atoms with Crippen LogP contribution in [0.1, 0.15) is 23.2 Å². The molecule has 0 aliphatic heterocycles. The number of non-ortho nitro benzene ring substituents is 1. The third-order valence-electron chi connectivity index (χ3n) is 5.12. The van der Waals surface area contributed by atoms with Gasteiger partial charge in [-0.05, 0) is 43.0 Å². The standard InChI is InChI=1S/C22H17N5O3S/c28-20(12-11-14-5-3-6-15(13-14)27(29)30)24-21-16-7-4-9-17(16)25-26(21)22-23-18-8-1-2-10-19(18)31-22/h1-3,5-6,8,10-13H,4,7,9H2,(H,24,28)/b12-11+. The van der Waals surface area contributed by atoms with Gasteiger partial charge in [0.25, 0.3) is 5.69 Å². The van der Waals surface area contributed by atoms with Crippen molar-refractivity contribution in [2.24, 2.45) is 0 Å². The predicted octanol–water partition coefficient (Wildman–Crippen LogP) is 4.53. The predicted molar refractivity (Wildman–Crippen MR) is 120 cm³/mol. The molecule has 2 aromatic heterocycles. The van der Waals surface area contributed by atoms with E-state index in [0.29, 0.717) is 16.5 Å². The Hall–Kier alpha value is -3.85. The molecular formula is C22H17N5O3S. The van der Waals surface area contributed by atoms with E-state index in [1.165, 1.54) is 29.5 Å². The van der Waals surface area contributed by atoms with Crippen LogP contribution in [0.2, 0.25) is 0 Å². The summed E-state index contributed by atoms with van der Waals surface area (Å²) in [7, 11) is 0. The molecule has 9 heteroatoms. The number of hydrogen-bond acceptors (Lipinski definition) is 6. The molecule has 8 nitrogen and oxygen atoms in total. The van der Waals surface area contributed by atoms with Crippen molar-refractivity contribution < 1.29 is 9.72 Å². The summed E-state index contributed by atoms with van der Waals surface area (Å²) in [6.07, 6.45) is 5.66. The van der Waals surface area contributed by atoms with Gasteiger partial charge in [-0.3, -0.25) is 14.9 Å². The van der Waals surface area contributed by atoms with E-state index in [1.807, 2.05) is 24.3 Å². The Morgan fingerprint density at radius 2 is 2.06 bits per heavy atom. The van der Waals surface area contributed by atoms with Crippen LogP contribution in [0.5, 0.6) is 0 Å². The van der Waals surface area contributed by atoms with Crippen molar-refractivity contribution >= 4 is 45.0 Å². The lowest BCUT2D eigenvalue weighted by Gasteiger charge is -2.07. The van der Waals surface area contributed by atoms with Crippen LogP contribution in [0.25, 0.3) is 21.4 Å². The molecule has 0 saturated carbocycles. The quantitative estimate of drug-likeness (QED) is 0.284. The first-order valence-corrected chi connectivity index (χ1v) is 10.6. The molecule has 4 aromatic rings. The van der Waals surface area contributed by atoms with Gasteiger partial charge in [-0.1, -0.05) is 35.6 Å². The highest BCUT2D eigenvalue weighted by atomic mass is 32.1. The van der Waals surface area contributed by atoms with Gasteiger partial charge < -0.3 is 5.32 Å². The van der Waals surface area contributed by atoms with Crippen molar-refractivity contribution in [1.82, 2.24) is 14.8 Å². The maximum absolute atomic E-state index is 12.7. The zero-order valence-corrected chi connectivity index (χ0v) is 17.1. The minimum absolute atomic E-state index is 0.0192. The Kier molecular flexibility index (Phi) is 4.79. The molecule has 0 atom stereocenters. The van der Waals surface area contributed by atoms with E-state index in [4.69, 9.17) is 5.10 Å². The summed E-state index contributed by atoms with van der Waals surface area (Å²) in [6.45, 7) is 0. The zero-order chi connectivity index (χ0) is 21.4. The smallest absolute Gasteiger partial charge is 0.270 e. The van der Waals surface area contributed by atoms with Crippen molar-refractivity contribution in [2.45, 2.75) is 19.3 Å². The molecule has 0 spiro atoms. The fourth-order valence-corrected chi connectivity index (χ4v) is 4.61. The average Bonchev–Trinajstić information content (AvgIpc) is 3.47. The molecule has 154 valence electrons. The van der Waals surface area contributed by atoms with E-state index in [2.05, 4.69) is 10.3 Å². The number of aryl methyl sites for hydroxylation is 1. The normalized spacial score (nSPS) is 13.0. The highest BCUT2D eigenvalue weighted by molar-refractivity contribution is 7.20. The van der Waals surface area contributed by atoms with E-state index in [9.17, 15) is 14.9 Å². The Bertz CT molecular complexity index is 1320. The summed E-state index contributed by atoms with van der Waals surface area (Å²) in [5.41, 5.74) is 3.47. The Morgan fingerprint density at radius 3 is 2.90 bits per heavy atom. The Morgan fingerprint density at radius 1 is 1.19 bits per heavy atom. The molecule has 1 aliphatic carbocycles. The zero-order valence-electron chi connectivity index (χ0n) is 16.3. The number of para-hydroxylation sites is 1. The van der Waals surface area contributed by atoms with E-state index in [0.717, 1.165) is 40.7 Å². The third kappa shape index (κ3) is 3.71. The van der Waals surface area contributed by atoms with Gasteiger partial charge in [0.05, 0.1) is 20.8 Å². The SMILES string of the molecule is O=C(/C=C/c1cccc([N+](=O)[O-])c1)Nc1c2c(nn1-c1nc3ccccc3s1)CCC2. The number of nitrogens with one attached hydrogen (secondary N) is 1. The van der Waals surface area contributed by atoms with Crippen LogP contribution in [-0.2, 0) is 17.6 Å². The van der Waals surface area contributed by atoms with Crippen molar-refractivity contribution in [3.8, 4) is 5.13 Å². The second-order valence-corrected chi connectivity index (χ2v) is 8.19. The monoisotopic (exact) mass is 431 g/mol. The molecule has 0 fully saturated rings. The number of thiazole rings is 1. The number of amides is 1. The summed E-state index contributed by atoms with van der Waals surface area (Å²) in [4.78, 5) is 27.8. The highest BCUT2D eigenvalue weighted by Crippen LogP contribution is 2.33. The Labute approximate surface area is 181 Å². The summed E-state index contributed by atoms with van der Waals surface area (Å²) in [5, 5.41) is 19.3. The van der Waals surface area contributed by atoms with E-state index < -0.39 is 4.92 Å². The van der Waals surface area contributed by atoms with Crippen LogP contribution in [0, 0.1) is 10.1 Å². The number of carbonyl (C=O) groups excluding carboxylic acids is 1. The van der Waals surface area contributed by atoms with Gasteiger partial charge in [-0.15, -0.1) is 0 Å². The molecule has 0 bridgehead atoms. The number of nitrogens with zero attached hydrogens (tertiary/aromatic N) is 4. The molecule has 5 rings (SSSR count). The number of anilines is 1. The van der Waals surface area contributed by atoms with Crippen molar-refractivity contribution in [1.29, 1.82) is 0 Å². The number of carbonyl (C=O) groups is 1. The van der Waals surface area contributed by atoms with Gasteiger partial charge >= 0.3 is 0 Å². The summed E-state index contributed by atoms with van der Waals surface area (Å²) in [6, 6.07) is 14.0. The lowest BCUT2D eigenvalue weighted by molar-refractivity contribution is -0.384. The number of hydrogen-bond donors (Lipinski definition) is 1. The summed E-state index contributed by atoms with van der Waals surface area (Å²) < 4.78 is 2.77. The second-order valence-electron chi connectivity index (χ2n) is 7.18. The first-order valence-electron chi connectivity index (χ1n) is 9.79. The molecule has 2 aromatic carbocycles. The number of aromatic nitrogens is 3. The van der Waals surface area contributed by atoms with Crippen LogP contribution in [0.3, 0.4) is 0 Å². The van der Waals surface area contributed by atoms with Crippen LogP contribution >= 0.6 is 11.3 Å². The number of fused-ring (bicyclic) bond motifs is 2. The molecule has 1 N–H and O–H groups in total. The van der Waals surface area contributed by atoms with Crippen molar-refractivity contribution in [3.63, 3.8) is 0 Å². The Balaban J connectivity index is 1.44. The topological polar surface area (TPSA) is 103 Å². The van der Waals surface area contributed by atoms with E-state index in [-0.39, 0.29) is 11.6 Å². The molecule has 1 amide bonds. The van der Waals surface area contributed by atoms with Crippen molar-refractivity contribution in [3.05, 3.63) is 81.5 Å². The van der Waals surface area contributed by atoms with Crippen LogP contribution in [0.4, 0.5) is 11.5 Å². The first-order chi connectivity index (χ1) is 15.1. The number of nitro benzene ring substituents is 1. The lowest BCUT2D eigenvalue weighted by atomic mass is 10.2. The first kappa shape index (κ1) is 19.1. The number of benzene rings is 2.